The second-order valence-corrected chi connectivity index (χ2v) is 4.73. The number of amides is 1. The van der Waals surface area contributed by atoms with Crippen LogP contribution in [0.4, 0.5) is 0 Å². The molecule has 0 spiro atoms. The van der Waals surface area contributed by atoms with Crippen molar-refractivity contribution < 1.29 is 9.21 Å². The van der Waals surface area contributed by atoms with E-state index in [0.29, 0.717) is 12.1 Å². The average Bonchev–Trinajstić information content (AvgIpc) is 2.96. The largest absolute Gasteiger partial charge is 0.457 e. The van der Waals surface area contributed by atoms with Crippen LogP contribution in [0, 0.1) is 6.92 Å². The fraction of sp³-hybridized carbons (Fsp3) is 0.333. The molecule has 0 atom stereocenters. The highest BCUT2D eigenvalue weighted by molar-refractivity contribution is 7.98. The lowest BCUT2D eigenvalue weighted by atomic mass is 10.2. The molecule has 1 N–H and O–H groups in total. The first-order chi connectivity index (χ1) is 8.61. The molecule has 0 aliphatic carbocycles. The Kier molecular flexibility index (Phi) is 3.76. The van der Waals surface area contributed by atoms with Gasteiger partial charge >= 0.3 is 0 Å². The molecule has 0 radical (unpaired) electrons. The van der Waals surface area contributed by atoms with E-state index in [2.05, 4.69) is 10.4 Å². The van der Waals surface area contributed by atoms with Gasteiger partial charge in [-0.2, -0.15) is 5.10 Å². The van der Waals surface area contributed by atoms with E-state index in [1.165, 1.54) is 18.0 Å². The van der Waals surface area contributed by atoms with Crippen molar-refractivity contribution in [2.75, 3.05) is 6.26 Å². The number of hydrogen-bond acceptors (Lipinski definition) is 4. The Morgan fingerprint density at radius 3 is 2.94 bits per heavy atom. The lowest BCUT2D eigenvalue weighted by molar-refractivity contribution is 0.0950. The molecule has 0 saturated heterocycles. The Bertz CT molecular complexity index is 559. The Morgan fingerprint density at radius 1 is 1.61 bits per heavy atom. The number of aryl methyl sites for hydroxylation is 1. The van der Waals surface area contributed by atoms with Gasteiger partial charge in [0.25, 0.3) is 5.91 Å². The number of aromatic nitrogens is 2. The third-order valence-corrected chi connectivity index (χ3v) is 3.43. The second kappa shape index (κ2) is 5.30. The summed E-state index contributed by atoms with van der Waals surface area (Å²) in [6.07, 6.45) is 5.13. The molecular weight excluding hydrogens is 250 g/mol. The fourth-order valence-corrected chi connectivity index (χ4v) is 1.93. The van der Waals surface area contributed by atoms with Crippen LogP contribution < -0.4 is 5.32 Å². The maximum Gasteiger partial charge on any atom is 0.254 e. The molecule has 0 fully saturated rings. The molecule has 0 aliphatic heterocycles. The van der Waals surface area contributed by atoms with Gasteiger partial charge < -0.3 is 9.73 Å². The number of hydrogen-bond donors (Lipinski definition) is 1. The molecule has 2 rings (SSSR count). The average molecular weight is 265 g/mol. The summed E-state index contributed by atoms with van der Waals surface area (Å²) >= 11 is 1.47. The van der Waals surface area contributed by atoms with Gasteiger partial charge in [-0.25, -0.2) is 0 Å². The van der Waals surface area contributed by atoms with E-state index in [-0.39, 0.29) is 5.91 Å². The predicted octanol–water partition coefficient (Wildman–Crippen LogP) is 1.97. The van der Waals surface area contributed by atoms with E-state index in [1.807, 2.05) is 20.2 Å². The van der Waals surface area contributed by atoms with Crippen molar-refractivity contribution in [3.8, 4) is 0 Å². The standard InChI is InChI=1S/C12H15N3O2S/c1-8-10(6-14-15(8)2)5-13-12(16)9-4-11(18-3)17-7-9/h4,6-7H,5H2,1-3H3,(H,13,16). The smallest absolute Gasteiger partial charge is 0.254 e. The van der Waals surface area contributed by atoms with Crippen LogP contribution in [0.1, 0.15) is 21.6 Å². The minimum atomic E-state index is -0.137. The zero-order valence-electron chi connectivity index (χ0n) is 10.6. The highest BCUT2D eigenvalue weighted by Crippen LogP contribution is 2.17. The molecule has 18 heavy (non-hydrogen) atoms. The topological polar surface area (TPSA) is 60.1 Å². The molecule has 6 heteroatoms. The SMILES string of the molecule is CSc1cc(C(=O)NCc2cnn(C)c2C)co1. The highest BCUT2D eigenvalue weighted by Gasteiger charge is 2.11. The van der Waals surface area contributed by atoms with Crippen molar-refractivity contribution in [1.29, 1.82) is 0 Å². The van der Waals surface area contributed by atoms with Gasteiger partial charge in [-0.1, -0.05) is 11.8 Å². The minimum Gasteiger partial charge on any atom is -0.457 e. The molecule has 0 bridgehead atoms. The van der Waals surface area contributed by atoms with Crippen LogP contribution in [0.5, 0.6) is 0 Å². The van der Waals surface area contributed by atoms with Gasteiger partial charge in [0.15, 0.2) is 5.09 Å². The fourth-order valence-electron chi connectivity index (χ4n) is 1.54. The van der Waals surface area contributed by atoms with Crippen LogP contribution in [-0.4, -0.2) is 21.9 Å². The van der Waals surface area contributed by atoms with Gasteiger partial charge in [-0.05, 0) is 13.2 Å². The van der Waals surface area contributed by atoms with Crippen molar-refractivity contribution in [2.24, 2.45) is 7.05 Å². The quantitative estimate of drug-likeness (QED) is 0.859. The molecule has 2 aromatic heterocycles. The summed E-state index contributed by atoms with van der Waals surface area (Å²) in [5, 5.41) is 7.71. The molecule has 96 valence electrons. The minimum absolute atomic E-state index is 0.137. The van der Waals surface area contributed by atoms with Crippen LogP contribution in [-0.2, 0) is 13.6 Å². The first kappa shape index (κ1) is 12.8. The lowest BCUT2D eigenvalue weighted by Gasteiger charge is -2.02. The van der Waals surface area contributed by atoms with Crippen LogP contribution in [0.15, 0.2) is 28.0 Å². The molecule has 0 saturated carbocycles. The maximum absolute atomic E-state index is 11.9. The number of carbonyl (C=O) groups is 1. The van der Waals surface area contributed by atoms with Crippen LogP contribution in [0.2, 0.25) is 0 Å². The van der Waals surface area contributed by atoms with E-state index in [0.717, 1.165) is 16.3 Å². The summed E-state index contributed by atoms with van der Waals surface area (Å²) < 4.78 is 6.98. The summed E-state index contributed by atoms with van der Waals surface area (Å²) in [5.74, 6) is -0.137. The third-order valence-electron chi connectivity index (χ3n) is 2.82. The van der Waals surface area contributed by atoms with E-state index >= 15 is 0 Å². The van der Waals surface area contributed by atoms with E-state index < -0.39 is 0 Å². The number of furan rings is 1. The molecule has 2 aromatic rings. The zero-order valence-corrected chi connectivity index (χ0v) is 11.4. The Hall–Kier alpha value is -1.69. The number of rotatable bonds is 4. The van der Waals surface area contributed by atoms with Crippen molar-refractivity contribution in [3.05, 3.63) is 35.3 Å². The van der Waals surface area contributed by atoms with E-state index in [4.69, 9.17) is 4.42 Å². The normalized spacial score (nSPS) is 10.6. The van der Waals surface area contributed by atoms with E-state index in [1.54, 1.807) is 16.9 Å². The van der Waals surface area contributed by atoms with Crippen molar-refractivity contribution in [1.82, 2.24) is 15.1 Å². The molecule has 0 aliphatic rings. The molecule has 2 heterocycles. The summed E-state index contributed by atoms with van der Waals surface area (Å²) in [6, 6.07) is 1.73. The molecule has 0 aromatic carbocycles. The van der Waals surface area contributed by atoms with Crippen molar-refractivity contribution in [2.45, 2.75) is 18.6 Å². The lowest BCUT2D eigenvalue weighted by Crippen LogP contribution is -2.22. The Morgan fingerprint density at radius 2 is 2.39 bits per heavy atom. The molecule has 0 unspecified atom stereocenters. The first-order valence-electron chi connectivity index (χ1n) is 5.50. The van der Waals surface area contributed by atoms with Gasteiger partial charge in [0.05, 0.1) is 11.8 Å². The van der Waals surface area contributed by atoms with Crippen LogP contribution >= 0.6 is 11.8 Å². The van der Waals surface area contributed by atoms with Crippen molar-refractivity contribution in [3.63, 3.8) is 0 Å². The van der Waals surface area contributed by atoms with Gasteiger partial charge in [-0.15, -0.1) is 0 Å². The Balaban J connectivity index is 1.98. The van der Waals surface area contributed by atoms with Gasteiger partial charge in [0.1, 0.15) is 6.26 Å². The third kappa shape index (κ3) is 2.59. The van der Waals surface area contributed by atoms with Gasteiger partial charge in [0, 0.05) is 30.9 Å². The summed E-state index contributed by atoms with van der Waals surface area (Å²) in [5.41, 5.74) is 2.60. The highest BCUT2D eigenvalue weighted by atomic mass is 32.2. The number of nitrogens with one attached hydrogen (secondary N) is 1. The molecule has 1 amide bonds. The maximum atomic E-state index is 11.9. The molecular formula is C12H15N3O2S. The summed E-state index contributed by atoms with van der Waals surface area (Å²) in [4.78, 5) is 11.9. The molecule has 5 nitrogen and oxygen atoms in total. The zero-order chi connectivity index (χ0) is 13.1. The monoisotopic (exact) mass is 265 g/mol. The number of nitrogens with zero attached hydrogens (tertiary/aromatic N) is 2. The van der Waals surface area contributed by atoms with Gasteiger partial charge in [-0.3, -0.25) is 9.48 Å². The van der Waals surface area contributed by atoms with Crippen molar-refractivity contribution >= 4 is 17.7 Å². The van der Waals surface area contributed by atoms with Crippen LogP contribution in [0.3, 0.4) is 0 Å². The summed E-state index contributed by atoms with van der Waals surface area (Å²) in [6.45, 7) is 2.44. The predicted molar refractivity (Wildman–Crippen MR) is 69.6 cm³/mol. The van der Waals surface area contributed by atoms with Crippen LogP contribution in [0.25, 0.3) is 0 Å². The second-order valence-electron chi connectivity index (χ2n) is 3.92. The number of thioether (sulfide) groups is 1. The van der Waals surface area contributed by atoms with E-state index in [9.17, 15) is 4.79 Å². The van der Waals surface area contributed by atoms with Gasteiger partial charge in [0.2, 0.25) is 0 Å². The number of carbonyl (C=O) groups excluding carboxylic acids is 1. The Labute approximate surface area is 110 Å². The summed E-state index contributed by atoms with van der Waals surface area (Å²) in [7, 11) is 1.88. The first-order valence-corrected chi connectivity index (χ1v) is 6.72.